The quantitative estimate of drug-likeness (QED) is 0.189. The molecule has 2 N–H and O–H groups in total. The highest BCUT2D eigenvalue weighted by Crippen LogP contribution is 2.37. The monoisotopic (exact) mass is 517 g/mol. The number of fused-ring (bicyclic) bond motifs is 1. The Balaban J connectivity index is 1.65. The second-order valence-corrected chi connectivity index (χ2v) is 12.0. The van der Waals surface area contributed by atoms with Gasteiger partial charge in [0.2, 0.25) is 0 Å². The molecule has 36 heavy (non-hydrogen) atoms. The molecule has 0 saturated heterocycles. The molecule has 200 valence electrons. The lowest BCUT2D eigenvalue weighted by molar-refractivity contribution is -0.148. The number of carboxylic acid groups (broad SMARTS) is 1. The molecule has 2 aromatic rings. The number of hydrogen-bond donors (Lipinski definition) is 2. The zero-order valence-electron chi connectivity index (χ0n) is 22.3. The van der Waals surface area contributed by atoms with E-state index in [1.807, 2.05) is 49.6 Å². The Bertz CT molecular complexity index is 994. The Morgan fingerprint density at radius 3 is 2.58 bits per heavy atom. The van der Waals surface area contributed by atoms with Gasteiger partial charge in [-0.3, -0.25) is 4.79 Å². The van der Waals surface area contributed by atoms with Crippen molar-refractivity contribution in [2.24, 2.45) is 11.3 Å². The first kappa shape index (κ1) is 28.5. The smallest absolute Gasteiger partial charge is 0.327 e. The van der Waals surface area contributed by atoms with Gasteiger partial charge < -0.3 is 19.7 Å². The van der Waals surface area contributed by atoms with Crippen LogP contribution in [0, 0.1) is 11.3 Å². The predicted molar refractivity (Wildman–Crippen MR) is 145 cm³/mol. The summed E-state index contributed by atoms with van der Waals surface area (Å²) < 4.78 is 7.46. The molecule has 0 radical (unpaired) electrons. The first-order chi connectivity index (χ1) is 17.2. The first-order valence-electron chi connectivity index (χ1n) is 13.5. The molecular formula is C28H43N3O4S. The van der Waals surface area contributed by atoms with Crippen molar-refractivity contribution in [3.63, 3.8) is 0 Å². The molecule has 1 fully saturated rings. The fraction of sp³-hybridized carbons (Fsp3) is 0.679. The van der Waals surface area contributed by atoms with Crippen LogP contribution >= 0.6 is 11.8 Å². The number of rotatable bonds is 13. The zero-order chi connectivity index (χ0) is 26.1. The highest BCUT2D eigenvalue weighted by Gasteiger charge is 2.36. The van der Waals surface area contributed by atoms with E-state index in [1.165, 1.54) is 19.3 Å². The minimum Gasteiger partial charge on any atom is -0.480 e. The highest BCUT2D eigenvalue weighted by molar-refractivity contribution is 7.99. The number of carbonyl (C=O) groups is 2. The van der Waals surface area contributed by atoms with Gasteiger partial charge in [0.15, 0.2) is 5.16 Å². The van der Waals surface area contributed by atoms with Crippen molar-refractivity contribution < 1.29 is 19.4 Å². The van der Waals surface area contributed by atoms with Crippen molar-refractivity contribution >= 4 is 34.7 Å². The van der Waals surface area contributed by atoms with Gasteiger partial charge in [-0.05, 0) is 55.7 Å². The van der Waals surface area contributed by atoms with Crippen molar-refractivity contribution in [1.29, 1.82) is 0 Å². The molecule has 1 heterocycles. The van der Waals surface area contributed by atoms with Gasteiger partial charge in [-0.1, -0.05) is 77.3 Å². The molecule has 0 bridgehead atoms. The van der Waals surface area contributed by atoms with Gasteiger partial charge in [-0.25, -0.2) is 9.78 Å². The molecule has 0 amide bonds. The van der Waals surface area contributed by atoms with E-state index in [-0.39, 0.29) is 12.0 Å². The Kier molecular flexibility index (Phi) is 10.7. The SMILES string of the molecule is CCCCOC(=O)C(NCCCSc1nc2ccccc2n1C(C(=O)O)C(C)(C)C)C1CCCCC1. The van der Waals surface area contributed by atoms with E-state index >= 15 is 0 Å². The van der Waals surface area contributed by atoms with Crippen LogP contribution in [0.4, 0.5) is 0 Å². The lowest BCUT2D eigenvalue weighted by atomic mass is 9.84. The van der Waals surface area contributed by atoms with Gasteiger partial charge in [0.1, 0.15) is 12.1 Å². The molecule has 0 aliphatic heterocycles. The number of carbonyl (C=O) groups excluding carboxylic acids is 1. The molecule has 3 rings (SSSR count). The average molecular weight is 518 g/mol. The number of nitrogens with zero attached hydrogens (tertiary/aromatic N) is 2. The van der Waals surface area contributed by atoms with Crippen LogP contribution in [0.1, 0.15) is 85.1 Å². The number of aliphatic carboxylic acids is 1. The third kappa shape index (κ3) is 7.48. The van der Waals surface area contributed by atoms with E-state index in [1.54, 1.807) is 11.8 Å². The topological polar surface area (TPSA) is 93.5 Å². The number of ether oxygens (including phenoxy) is 1. The summed E-state index contributed by atoms with van der Waals surface area (Å²) in [6, 6.07) is 6.75. The second-order valence-electron chi connectivity index (χ2n) is 10.9. The molecule has 2 atom stereocenters. The van der Waals surface area contributed by atoms with Crippen LogP contribution in [-0.2, 0) is 14.3 Å². The standard InChI is InChI=1S/C28H43N3O4S/c1-5-6-18-35-26(34)23(20-13-8-7-9-14-20)29-17-12-19-36-27-30-21-15-10-11-16-22(21)31(27)24(25(32)33)28(2,3)4/h10-11,15-16,20,23-24,29H,5-9,12-14,17-19H2,1-4H3,(H,32,33). The molecule has 8 heteroatoms. The number of unbranched alkanes of at least 4 members (excludes halogenated alkanes) is 1. The molecule has 1 aromatic carbocycles. The molecule has 2 unspecified atom stereocenters. The molecule has 1 saturated carbocycles. The van der Waals surface area contributed by atoms with Crippen molar-refractivity contribution in [2.75, 3.05) is 18.9 Å². The number of thioether (sulfide) groups is 1. The van der Waals surface area contributed by atoms with Gasteiger partial charge in [0.25, 0.3) is 0 Å². The van der Waals surface area contributed by atoms with E-state index in [2.05, 4.69) is 12.2 Å². The minimum atomic E-state index is -0.855. The fourth-order valence-electron chi connectivity index (χ4n) is 5.05. The summed E-state index contributed by atoms with van der Waals surface area (Å²) in [4.78, 5) is 29.9. The van der Waals surface area contributed by atoms with E-state index in [0.717, 1.165) is 54.0 Å². The van der Waals surface area contributed by atoms with E-state index in [9.17, 15) is 14.7 Å². The molecular weight excluding hydrogens is 474 g/mol. The number of para-hydroxylation sites is 2. The number of benzene rings is 1. The largest absolute Gasteiger partial charge is 0.480 e. The van der Waals surface area contributed by atoms with Gasteiger partial charge in [-0.2, -0.15) is 0 Å². The van der Waals surface area contributed by atoms with Crippen molar-refractivity contribution in [3.05, 3.63) is 24.3 Å². The van der Waals surface area contributed by atoms with Crippen molar-refractivity contribution in [2.45, 2.75) is 96.3 Å². The molecule has 1 aromatic heterocycles. The number of nitrogens with one attached hydrogen (secondary N) is 1. The second kappa shape index (κ2) is 13.5. The van der Waals surface area contributed by atoms with Crippen LogP contribution in [-0.4, -0.2) is 51.5 Å². The number of imidazole rings is 1. The van der Waals surface area contributed by atoms with Crippen LogP contribution in [0.25, 0.3) is 11.0 Å². The number of esters is 1. The van der Waals surface area contributed by atoms with Crippen molar-refractivity contribution in [3.8, 4) is 0 Å². The Labute approximate surface area is 219 Å². The summed E-state index contributed by atoms with van der Waals surface area (Å²) >= 11 is 1.58. The average Bonchev–Trinajstić information content (AvgIpc) is 3.18. The van der Waals surface area contributed by atoms with E-state index < -0.39 is 17.4 Å². The summed E-state index contributed by atoms with van der Waals surface area (Å²) in [5, 5.41) is 14.3. The summed E-state index contributed by atoms with van der Waals surface area (Å²) in [6.45, 7) is 9.14. The number of carboxylic acids is 1. The highest BCUT2D eigenvalue weighted by atomic mass is 32.2. The summed E-state index contributed by atoms with van der Waals surface area (Å²) in [5.41, 5.74) is 1.17. The maximum atomic E-state index is 12.8. The van der Waals surface area contributed by atoms with E-state index in [0.29, 0.717) is 19.1 Å². The van der Waals surface area contributed by atoms with Gasteiger partial charge in [0, 0.05) is 5.75 Å². The summed E-state index contributed by atoms with van der Waals surface area (Å²) in [6.07, 6.45) is 8.49. The molecule has 1 aliphatic carbocycles. The summed E-state index contributed by atoms with van der Waals surface area (Å²) in [7, 11) is 0. The van der Waals surface area contributed by atoms with Crippen LogP contribution < -0.4 is 5.32 Å². The molecule has 0 spiro atoms. The predicted octanol–water partition coefficient (Wildman–Crippen LogP) is 6.07. The van der Waals surface area contributed by atoms with Crippen LogP contribution in [0.5, 0.6) is 0 Å². The summed E-state index contributed by atoms with van der Waals surface area (Å²) in [5.74, 6) is 0.146. The Hall–Kier alpha value is -2.06. The van der Waals surface area contributed by atoms with Crippen molar-refractivity contribution in [1.82, 2.24) is 14.9 Å². The van der Waals surface area contributed by atoms with Crippen LogP contribution in [0.3, 0.4) is 0 Å². The fourth-order valence-corrected chi connectivity index (χ4v) is 6.03. The molecule has 1 aliphatic rings. The van der Waals surface area contributed by atoms with Crippen LogP contribution in [0.15, 0.2) is 29.4 Å². The normalized spacial score (nSPS) is 16.7. The van der Waals surface area contributed by atoms with Gasteiger partial charge in [-0.15, -0.1) is 0 Å². The lowest BCUT2D eigenvalue weighted by Crippen LogP contribution is -2.45. The number of hydrogen-bond acceptors (Lipinski definition) is 6. The number of aromatic nitrogens is 2. The minimum absolute atomic E-state index is 0.112. The molecule has 7 nitrogen and oxygen atoms in total. The Morgan fingerprint density at radius 2 is 1.92 bits per heavy atom. The van der Waals surface area contributed by atoms with Crippen LogP contribution in [0.2, 0.25) is 0 Å². The van der Waals surface area contributed by atoms with Gasteiger partial charge in [0.05, 0.1) is 17.6 Å². The lowest BCUT2D eigenvalue weighted by Gasteiger charge is -2.30. The third-order valence-electron chi connectivity index (χ3n) is 6.91. The van der Waals surface area contributed by atoms with E-state index in [4.69, 9.17) is 9.72 Å². The van der Waals surface area contributed by atoms with Gasteiger partial charge >= 0.3 is 11.9 Å². The zero-order valence-corrected chi connectivity index (χ0v) is 23.1. The maximum Gasteiger partial charge on any atom is 0.327 e. The third-order valence-corrected chi connectivity index (χ3v) is 7.95. The maximum absolute atomic E-state index is 12.8. The first-order valence-corrected chi connectivity index (χ1v) is 14.4. The Morgan fingerprint density at radius 1 is 1.19 bits per heavy atom.